The van der Waals surface area contributed by atoms with E-state index in [0.29, 0.717) is 133 Å². The van der Waals surface area contributed by atoms with E-state index in [2.05, 4.69) is 46.4 Å². The summed E-state index contributed by atoms with van der Waals surface area (Å²) in [5, 5.41) is 79.2. The number of hydrogen-bond acceptors (Lipinski definition) is 25. The van der Waals surface area contributed by atoms with Gasteiger partial charge in [-0.1, -0.05) is 0 Å². The van der Waals surface area contributed by atoms with Gasteiger partial charge in [0.1, 0.15) is 17.8 Å². The lowest BCUT2D eigenvalue weighted by molar-refractivity contribution is -0.193. The Hall–Kier alpha value is -10.2. The predicted octanol–water partition coefficient (Wildman–Crippen LogP) is 1.25. The van der Waals surface area contributed by atoms with Crippen molar-refractivity contribution in [1.29, 1.82) is 0 Å². The number of fused-ring (bicyclic) bond motifs is 1. The molecule has 2 aromatic heterocycles. The maximum absolute atomic E-state index is 13.6. The maximum atomic E-state index is 13.6. The monoisotopic (exact) mass is 1700 g/mol. The lowest BCUT2D eigenvalue weighted by Gasteiger charge is -2.33. The molecule has 49 heteroatoms. The van der Waals surface area contributed by atoms with Crippen molar-refractivity contribution in [3.8, 4) is 5.75 Å². The number of carbonyl (C=O) groups is 11. The normalized spacial score (nSPS) is 14.0. The lowest BCUT2D eigenvalue weighted by Crippen LogP contribution is -2.52. The van der Waals surface area contributed by atoms with Gasteiger partial charge in [0, 0.05) is 128 Å². The average Bonchev–Trinajstić information content (AvgIpc) is 1.21. The van der Waals surface area contributed by atoms with Gasteiger partial charge in [-0.3, -0.25) is 62.6 Å². The van der Waals surface area contributed by atoms with E-state index in [1.165, 1.54) is 12.1 Å². The fourth-order valence-corrected chi connectivity index (χ4v) is 11.9. The zero-order chi connectivity index (χ0) is 87.2. The summed E-state index contributed by atoms with van der Waals surface area (Å²) in [6, 6.07) is 5.44. The first-order chi connectivity index (χ1) is 54.4. The van der Waals surface area contributed by atoms with Crippen molar-refractivity contribution in [3.05, 3.63) is 65.6 Å². The molecule has 0 aliphatic carbocycles. The maximum Gasteiger partial charge on any atom is 0.490 e. The fourth-order valence-electron chi connectivity index (χ4n) is 10.3. The minimum Gasteiger partial charge on any atom is -0.494 e. The van der Waals surface area contributed by atoms with Crippen LogP contribution in [0.4, 0.5) is 45.5 Å². The first-order valence-electron chi connectivity index (χ1n) is 35.6. The summed E-state index contributed by atoms with van der Waals surface area (Å²) >= 11 is 0. The number of aryl methyl sites for hydroxylation is 3. The number of carboxylic acids is 7. The smallest absolute Gasteiger partial charge is 0.490 e. The fraction of sp³-hybridized carbons (Fsp3) is 0.597. The van der Waals surface area contributed by atoms with Crippen LogP contribution in [0.15, 0.2) is 53.8 Å². The Labute approximate surface area is 658 Å². The summed E-state index contributed by atoms with van der Waals surface area (Å²) in [4.78, 5) is 140. The number of imidazole rings is 1. The van der Waals surface area contributed by atoms with E-state index in [4.69, 9.17) is 54.4 Å². The second-order valence-electron chi connectivity index (χ2n) is 25.2. The lowest BCUT2D eigenvalue weighted by atomic mass is 10.1. The molecule has 0 bridgehead atoms. The molecule has 39 nitrogen and oxygen atoms in total. The third kappa shape index (κ3) is 44.1. The van der Waals surface area contributed by atoms with Crippen molar-refractivity contribution in [2.45, 2.75) is 107 Å². The second kappa shape index (κ2) is 53.2. The third-order valence-electron chi connectivity index (χ3n) is 15.8. The summed E-state index contributed by atoms with van der Waals surface area (Å²) in [5.41, 5.74) is 7.35. The quantitative estimate of drug-likeness (QED) is 0.0219. The van der Waals surface area contributed by atoms with Crippen LogP contribution < -0.4 is 41.8 Å². The zero-order valence-corrected chi connectivity index (χ0v) is 64.0. The number of anilines is 1. The van der Waals surface area contributed by atoms with Crippen molar-refractivity contribution in [2.24, 2.45) is 5.73 Å². The number of carbonyl (C=O) groups excluding carboxylic acids is 4. The minimum absolute atomic E-state index is 0.131. The number of amides is 4. The van der Waals surface area contributed by atoms with Crippen molar-refractivity contribution in [2.75, 3.05) is 163 Å². The van der Waals surface area contributed by atoms with Crippen LogP contribution in [-0.2, 0) is 78.7 Å². The van der Waals surface area contributed by atoms with Crippen LogP contribution in [0, 0.1) is 13.8 Å². The van der Waals surface area contributed by atoms with E-state index in [0.717, 1.165) is 11.9 Å². The highest BCUT2D eigenvalue weighted by Gasteiger charge is 2.40. The van der Waals surface area contributed by atoms with Gasteiger partial charge < -0.3 is 92.0 Å². The van der Waals surface area contributed by atoms with Gasteiger partial charge in [-0.05, 0) is 107 Å². The number of nitrogens with two attached hydrogens (primary N) is 1. The number of alkyl halides is 9. The zero-order valence-electron chi connectivity index (χ0n) is 63.2. The number of ether oxygens (including phenoxy) is 4. The van der Waals surface area contributed by atoms with Crippen LogP contribution in [0.1, 0.15) is 72.9 Å². The standard InChI is InChI=1S/C61H95N15O18S.3C2HF3O2/c1-44-35-48(36-45(2)57(44)95(89,90)71-50(60(87)88)39-68-58(85)46-11-12-51-47(37-46)38-69-76(51)19-6-14-65-61-66-17-18-67-61)94-30-5-10-52(77)63-15-7-28-91-31-33-93-34-32-92-29-8-16-64-59(86)49(9-3-4-13-62)70-53(78)40-72-20-22-73(41-54(79)80)24-26-75(43-56(83)84)27-25-74(23-21-72)42-55(81)82;3*3-2(4,5)1(6)7/h11-12,17-18,35-38,49-50,71H,3-10,13-16,19-34,39-43,62H2,1-2H3,(H,63,77)(H,64,86)(H,68,85)(H,70,78)(H,79,80)(H,81,82)(H,83,84)(H,87,88)(H2,65,66,67);3*(H,6,7). The van der Waals surface area contributed by atoms with E-state index < -0.39 is 101 Å². The number of hydrogen-bond donors (Lipinski definition) is 15. The van der Waals surface area contributed by atoms with Crippen molar-refractivity contribution >= 4 is 92.3 Å². The molecule has 0 spiro atoms. The number of unbranched alkanes of at least 4 members (excludes halogenated alkanes) is 1. The Morgan fingerprint density at radius 2 is 1.04 bits per heavy atom. The first-order valence-corrected chi connectivity index (χ1v) is 37.1. The van der Waals surface area contributed by atoms with Crippen LogP contribution in [0.25, 0.3) is 10.9 Å². The average molecular weight is 1700 g/mol. The highest BCUT2D eigenvalue weighted by molar-refractivity contribution is 7.89. The Kier molecular flexibility index (Phi) is 46.7. The second-order valence-corrected chi connectivity index (χ2v) is 26.9. The van der Waals surface area contributed by atoms with E-state index in [-0.39, 0.29) is 120 Å². The van der Waals surface area contributed by atoms with Crippen LogP contribution in [0.2, 0.25) is 0 Å². The number of halogens is 9. The van der Waals surface area contributed by atoms with Gasteiger partial charge in [0.25, 0.3) is 5.91 Å². The molecule has 1 saturated heterocycles. The molecule has 2 atom stereocenters. The highest BCUT2D eigenvalue weighted by Crippen LogP contribution is 2.27. The summed E-state index contributed by atoms with van der Waals surface area (Å²) in [6.07, 6.45) is -6.32. The predicted molar refractivity (Wildman–Crippen MR) is 388 cm³/mol. The SMILES string of the molecule is Cc1cc(OCCCC(=O)NCCCOCCOCCOCCCNC(=O)C(CCCCN)NC(=O)CN2CCN(CC(=O)O)CCN(CC(=O)O)CCN(CC(=O)O)CC2)cc(C)c1S(=O)(=O)NC(CNC(=O)c1ccc2c(cnn2CCCNc2ncc[nH]2)c1)C(=O)O.O=C(O)C(F)(F)F.O=C(O)C(F)(F)F.O=C(O)C(F)(F)F. The van der Waals surface area contributed by atoms with Gasteiger partial charge in [0.05, 0.1) is 75.8 Å². The number of H-pyrrole nitrogens is 1. The number of nitrogens with zero attached hydrogens (tertiary/aromatic N) is 7. The number of aliphatic carboxylic acids is 7. The molecule has 3 heterocycles. The Bertz CT molecular complexity index is 3750. The number of sulfonamides is 1. The Morgan fingerprint density at radius 1 is 0.569 bits per heavy atom. The molecule has 0 saturated carbocycles. The summed E-state index contributed by atoms with van der Waals surface area (Å²) < 4.78 is 149. The van der Waals surface area contributed by atoms with Crippen molar-refractivity contribution in [3.63, 3.8) is 0 Å². The molecular weight excluding hydrogens is 1600 g/mol. The van der Waals surface area contributed by atoms with Gasteiger partial charge >= 0.3 is 60.3 Å². The van der Waals surface area contributed by atoms with Gasteiger partial charge in [-0.2, -0.15) is 49.3 Å². The minimum atomic E-state index is -5.08. The van der Waals surface area contributed by atoms with Crippen LogP contribution in [-0.4, -0.2) is 337 Å². The third-order valence-corrected chi connectivity index (χ3v) is 17.6. The molecule has 1 fully saturated rings. The number of nitrogens with one attached hydrogen (secondary N) is 7. The molecule has 1 aliphatic rings. The molecule has 5 rings (SSSR count). The van der Waals surface area contributed by atoms with E-state index in [9.17, 15) is 107 Å². The summed E-state index contributed by atoms with van der Waals surface area (Å²) in [6.45, 7) is 7.99. The number of aromatic amines is 1. The highest BCUT2D eigenvalue weighted by atomic mass is 32.2. The molecule has 116 heavy (non-hydrogen) atoms. The summed E-state index contributed by atoms with van der Waals surface area (Å²) in [7, 11) is -4.40. The number of carboxylic acid groups (broad SMARTS) is 7. The molecule has 654 valence electrons. The number of benzene rings is 2. The Morgan fingerprint density at radius 3 is 1.49 bits per heavy atom. The van der Waals surface area contributed by atoms with Crippen molar-refractivity contribution < 1.29 is 155 Å². The van der Waals surface area contributed by atoms with E-state index in [1.54, 1.807) is 70.2 Å². The molecule has 0 radical (unpaired) electrons. The number of aromatic nitrogens is 4. The van der Waals surface area contributed by atoms with Gasteiger partial charge in [0.2, 0.25) is 27.7 Å². The van der Waals surface area contributed by atoms with Gasteiger partial charge in [-0.25, -0.2) is 27.8 Å². The molecule has 2 aromatic carbocycles. The molecule has 2 unspecified atom stereocenters. The summed E-state index contributed by atoms with van der Waals surface area (Å²) in [5.74, 6) is -13.5. The van der Waals surface area contributed by atoms with E-state index in [1.807, 2.05) is 4.68 Å². The first kappa shape index (κ1) is 102. The Balaban J connectivity index is 0.00000190. The van der Waals surface area contributed by atoms with Crippen LogP contribution in [0.3, 0.4) is 0 Å². The largest absolute Gasteiger partial charge is 0.494 e. The van der Waals surface area contributed by atoms with Crippen molar-refractivity contribution in [1.82, 2.24) is 65.3 Å². The van der Waals surface area contributed by atoms with Crippen LogP contribution in [0.5, 0.6) is 5.75 Å². The van der Waals surface area contributed by atoms with E-state index >= 15 is 0 Å². The molecule has 16 N–H and O–H groups in total. The molecule has 1 aliphatic heterocycles. The van der Waals surface area contributed by atoms with Gasteiger partial charge in [-0.15, -0.1) is 0 Å². The molecule has 4 aromatic rings. The topological polar surface area (TPSA) is 558 Å². The number of rotatable bonds is 45. The van der Waals surface area contributed by atoms with Gasteiger partial charge in [0.15, 0.2) is 5.95 Å². The van der Waals surface area contributed by atoms with Crippen LogP contribution >= 0.6 is 0 Å². The molecular formula is C67H98F9N15O24S. The molecule has 4 amide bonds.